The Morgan fingerprint density at radius 1 is 1.10 bits per heavy atom. The second kappa shape index (κ2) is 5.44. The average Bonchev–Trinajstić information content (AvgIpc) is 2.46. The Balaban J connectivity index is 1.97. The molecule has 0 unspecified atom stereocenters. The molecule has 21 heavy (non-hydrogen) atoms. The van der Waals surface area contributed by atoms with Crippen LogP contribution in [0.15, 0.2) is 51.8 Å². The maximum Gasteiger partial charge on any atom is 0.244 e. The zero-order valence-electron chi connectivity index (χ0n) is 11.3. The van der Waals surface area contributed by atoms with E-state index in [1.807, 2.05) is 18.2 Å². The van der Waals surface area contributed by atoms with E-state index < -0.39 is 10.0 Å². The van der Waals surface area contributed by atoms with Crippen molar-refractivity contribution in [1.29, 1.82) is 0 Å². The summed E-state index contributed by atoms with van der Waals surface area (Å²) in [5.74, 6) is 0. The molecule has 4 nitrogen and oxygen atoms in total. The van der Waals surface area contributed by atoms with Gasteiger partial charge < -0.3 is 5.73 Å². The van der Waals surface area contributed by atoms with Crippen LogP contribution < -0.4 is 5.73 Å². The summed E-state index contributed by atoms with van der Waals surface area (Å²) in [5.41, 5.74) is 8.50. The molecule has 0 radical (unpaired) electrons. The number of nitrogens with two attached hydrogens (primary N) is 1. The van der Waals surface area contributed by atoms with Crippen LogP contribution in [0.4, 0.5) is 5.69 Å². The van der Waals surface area contributed by atoms with E-state index in [2.05, 4.69) is 22.0 Å². The predicted molar refractivity (Wildman–Crippen MR) is 86.3 cm³/mol. The van der Waals surface area contributed by atoms with Gasteiger partial charge in [-0.25, -0.2) is 8.42 Å². The molecule has 0 saturated carbocycles. The summed E-state index contributed by atoms with van der Waals surface area (Å²) < 4.78 is 27.6. The van der Waals surface area contributed by atoms with Crippen molar-refractivity contribution < 1.29 is 8.42 Å². The number of sulfonamides is 1. The highest BCUT2D eigenvalue weighted by Crippen LogP contribution is 2.30. The lowest BCUT2D eigenvalue weighted by Crippen LogP contribution is -2.36. The summed E-state index contributed by atoms with van der Waals surface area (Å²) in [6.45, 7) is 0.908. The molecule has 0 bridgehead atoms. The lowest BCUT2D eigenvalue weighted by molar-refractivity contribution is 0.391. The van der Waals surface area contributed by atoms with Crippen LogP contribution in [0, 0.1) is 0 Å². The molecule has 0 amide bonds. The van der Waals surface area contributed by atoms with E-state index >= 15 is 0 Å². The largest absolute Gasteiger partial charge is 0.399 e. The Kier molecular flexibility index (Phi) is 3.77. The Bertz CT molecular complexity index is 790. The van der Waals surface area contributed by atoms with Crippen molar-refractivity contribution in [3.63, 3.8) is 0 Å². The molecule has 0 aromatic heterocycles. The second-order valence-corrected chi connectivity index (χ2v) is 7.81. The first-order valence-electron chi connectivity index (χ1n) is 6.60. The van der Waals surface area contributed by atoms with Crippen molar-refractivity contribution in [2.75, 3.05) is 12.3 Å². The molecule has 0 aliphatic carbocycles. The summed E-state index contributed by atoms with van der Waals surface area (Å²) in [7, 11) is -3.52. The molecule has 1 aliphatic heterocycles. The molecule has 1 heterocycles. The minimum atomic E-state index is -3.52. The lowest BCUT2D eigenvalue weighted by atomic mass is 10.0. The molecule has 0 fully saturated rings. The van der Waals surface area contributed by atoms with Crippen LogP contribution >= 0.6 is 15.9 Å². The van der Waals surface area contributed by atoms with Gasteiger partial charge in [-0.1, -0.05) is 24.3 Å². The first-order valence-corrected chi connectivity index (χ1v) is 8.84. The third-order valence-corrected chi connectivity index (χ3v) is 6.49. The molecule has 110 valence electrons. The molecule has 3 rings (SSSR count). The van der Waals surface area contributed by atoms with Crippen LogP contribution in [0.5, 0.6) is 0 Å². The number of anilines is 1. The van der Waals surface area contributed by atoms with E-state index in [0.717, 1.165) is 12.0 Å². The van der Waals surface area contributed by atoms with Crippen molar-refractivity contribution in [2.45, 2.75) is 17.9 Å². The van der Waals surface area contributed by atoms with Gasteiger partial charge in [0.2, 0.25) is 10.0 Å². The Labute approximate surface area is 132 Å². The highest BCUT2D eigenvalue weighted by molar-refractivity contribution is 9.10. The van der Waals surface area contributed by atoms with Gasteiger partial charge in [0, 0.05) is 23.2 Å². The third kappa shape index (κ3) is 2.71. The lowest BCUT2D eigenvalue weighted by Gasteiger charge is -2.28. The van der Waals surface area contributed by atoms with Crippen molar-refractivity contribution in [1.82, 2.24) is 4.31 Å². The first-order chi connectivity index (χ1) is 9.98. The molecule has 6 heteroatoms. The van der Waals surface area contributed by atoms with Gasteiger partial charge in [-0.05, 0) is 51.7 Å². The van der Waals surface area contributed by atoms with Gasteiger partial charge in [-0.3, -0.25) is 0 Å². The van der Waals surface area contributed by atoms with E-state index in [-0.39, 0.29) is 4.90 Å². The quantitative estimate of drug-likeness (QED) is 0.831. The average molecular weight is 367 g/mol. The maximum absolute atomic E-state index is 12.8. The molecule has 0 saturated heterocycles. The predicted octanol–water partition coefficient (Wildman–Crippen LogP) is 2.78. The van der Waals surface area contributed by atoms with Crippen LogP contribution in [0.25, 0.3) is 0 Å². The number of nitrogens with zero attached hydrogens (tertiary/aromatic N) is 1. The summed E-state index contributed by atoms with van der Waals surface area (Å²) in [5, 5.41) is 0. The van der Waals surface area contributed by atoms with Gasteiger partial charge in [0.05, 0.1) is 4.90 Å². The topological polar surface area (TPSA) is 63.4 Å². The zero-order valence-corrected chi connectivity index (χ0v) is 13.7. The minimum absolute atomic E-state index is 0.260. The summed E-state index contributed by atoms with van der Waals surface area (Å²) in [6.07, 6.45) is 0.738. The van der Waals surface area contributed by atoms with E-state index in [9.17, 15) is 8.42 Å². The van der Waals surface area contributed by atoms with Gasteiger partial charge in [0.25, 0.3) is 0 Å². The fourth-order valence-corrected chi connectivity index (χ4v) is 5.01. The van der Waals surface area contributed by atoms with Crippen LogP contribution in [0.1, 0.15) is 11.1 Å². The fourth-order valence-electron chi connectivity index (χ4n) is 2.54. The summed E-state index contributed by atoms with van der Waals surface area (Å²) in [6, 6.07) is 12.7. The Hall–Kier alpha value is -1.37. The number of hydrogen-bond donors (Lipinski definition) is 1. The van der Waals surface area contributed by atoms with Crippen molar-refractivity contribution in [3.05, 3.63) is 58.1 Å². The van der Waals surface area contributed by atoms with Crippen molar-refractivity contribution >= 4 is 31.6 Å². The molecule has 0 atom stereocenters. The van der Waals surface area contributed by atoms with Crippen LogP contribution in [-0.2, 0) is 23.0 Å². The van der Waals surface area contributed by atoms with Crippen LogP contribution in [-0.4, -0.2) is 19.3 Å². The zero-order chi connectivity index (χ0) is 15.0. The SMILES string of the molecule is Nc1ccc(S(=O)(=O)N2CCc3ccccc3C2)c(Br)c1. The number of nitrogen functional groups attached to an aromatic ring is 1. The summed E-state index contributed by atoms with van der Waals surface area (Å²) in [4.78, 5) is 0.260. The van der Waals surface area contributed by atoms with Crippen molar-refractivity contribution in [2.24, 2.45) is 0 Å². The van der Waals surface area contributed by atoms with Gasteiger partial charge >= 0.3 is 0 Å². The highest BCUT2D eigenvalue weighted by atomic mass is 79.9. The second-order valence-electron chi connectivity index (χ2n) is 5.05. The molecular formula is C15H15BrN2O2S. The summed E-state index contributed by atoms with van der Waals surface area (Å²) >= 11 is 3.30. The van der Waals surface area contributed by atoms with Gasteiger partial charge in [0.15, 0.2) is 0 Å². The molecule has 0 spiro atoms. The van der Waals surface area contributed by atoms with Gasteiger partial charge in [-0.15, -0.1) is 0 Å². The van der Waals surface area contributed by atoms with Gasteiger partial charge in [-0.2, -0.15) is 4.31 Å². The number of halogens is 1. The van der Waals surface area contributed by atoms with E-state index in [0.29, 0.717) is 23.2 Å². The van der Waals surface area contributed by atoms with Crippen molar-refractivity contribution in [3.8, 4) is 0 Å². The molecule has 2 aromatic rings. The maximum atomic E-state index is 12.8. The standard InChI is InChI=1S/C15H15BrN2O2S/c16-14-9-13(17)5-6-15(14)21(19,20)18-8-7-11-3-1-2-4-12(11)10-18/h1-6,9H,7-8,10,17H2. The fraction of sp³-hybridized carbons (Fsp3) is 0.200. The van der Waals surface area contributed by atoms with E-state index in [1.165, 1.54) is 9.87 Å². The normalized spacial score (nSPS) is 15.7. The highest BCUT2D eigenvalue weighted by Gasteiger charge is 2.29. The number of fused-ring (bicyclic) bond motifs is 1. The van der Waals surface area contributed by atoms with E-state index in [1.54, 1.807) is 18.2 Å². The Morgan fingerprint density at radius 2 is 1.81 bits per heavy atom. The number of rotatable bonds is 2. The third-order valence-electron chi connectivity index (χ3n) is 3.67. The molecule has 1 aliphatic rings. The monoisotopic (exact) mass is 366 g/mol. The minimum Gasteiger partial charge on any atom is -0.399 e. The van der Waals surface area contributed by atoms with Gasteiger partial charge in [0.1, 0.15) is 0 Å². The smallest absolute Gasteiger partial charge is 0.244 e. The molecular weight excluding hydrogens is 352 g/mol. The first kappa shape index (κ1) is 14.6. The van der Waals surface area contributed by atoms with E-state index in [4.69, 9.17) is 5.73 Å². The number of hydrogen-bond acceptors (Lipinski definition) is 3. The molecule has 2 aromatic carbocycles. The molecule has 2 N–H and O–H groups in total. The van der Waals surface area contributed by atoms with Crippen LogP contribution in [0.2, 0.25) is 0 Å². The Morgan fingerprint density at radius 3 is 2.52 bits per heavy atom. The van der Waals surface area contributed by atoms with Crippen LogP contribution in [0.3, 0.4) is 0 Å². The number of benzene rings is 2.